The van der Waals surface area contributed by atoms with Gasteiger partial charge in [-0.15, -0.1) is 0 Å². The Kier molecular flexibility index (Phi) is 6.95. The van der Waals surface area contributed by atoms with Crippen molar-refractivity contribution in [2.24, 2.45) is 0 Å². The molecule has 2 N–H and O–H groups in total. The van der Waals surface area contributed by atoms with Crippen molar-refractivity contribution in [2.45, 2.75) is 32.7 Å². The van der Waals surface area contributed by atoms with Crippen LogP contribution in [0.15, 0.2) is 54.6 Å². The van der Waals surface area contributed by atoms with E-state index in [2.05, 4.69) is 10.6 Å². The molecule has 7 heteroatoms. The molecule has 7 nitrogen and oxygen atoms in total. The third kappa shape index (κ3) is 6.31. The van der Waals surface area contributed by atoms with E-state index in [4.69, 9.17) is 0 Å². The minimum absolute atomic E-state index is 0.0135. The second-order valence-corrected chi connectivity index (χ2v) is 8.71. The first-order valence-corrected chi connectivity index (χ1v) is 10.6. The number of rotatable bonds is 3. The molecule has 0 aliphatic carbocycles. The molecule has 0 aromatic heterocycles. The molecule has 2 aromatic rings. The Morgan fingerprint density at radius 3 is 2.16 bits per heavy atom. The lowest BCUT2D eigenvalue weighted by atomic mass is 10.1. The standard InChI is InChI=1S/C24H30N4O3/c1-24(2,3)26-21(29)19-11-7-12-20(17-19)25-23(31)28-14-8-13-27(15-16-28)22(30)18-9-5-4-6-10-18/h4-7,9-12,17H,8,13-16H2,1-3H3,(H,25,31)(H,26,29). The van der Waals surface area contributed by atoms with Crippen molar-refractivity contribution in [1.82, 2.24) is 15.1 Å². The molecular weight excluding hydrogens is 392 g/mol. The van der Waals surface area contributed by atoms with Crippen LogP contribution in [0.2, 0.25) is 0 Å². The van der Waals surface area contributed by atoms with E-state index in [0.717, 1.165) is 0 Å². The Hall–Kier alpha value is -3.35. The highest BCUT2D eigenvalue weighted by Gasteiger charge is 2.23. The predicted octanol–water partition coefficient (Wildman–Crippen LogP) is 3.59. The molecule has 0 bridgehead atoms. The van der Waals surface area contributed by atoms with E-state index in [1.54, 1.807) is 46.2 Å². The molecule has 164 valence electrons. The van der Waals surface area contributed by atoms with Crippen LogP contribution in [-0.4, -0.2) is 59.4 Å². The lowest BCUT2D eigenvalue weighted by Gasteiger charge is -2.23. The van der Waals surface area contributed by atoms with Crippen LogP contribution < -0.4 is 10.6 Å². The second kappa shape index (κ2) is 9.64. The van der Waals surface area contributed by atoms with Gasteiger partial charge in [-0.25, -0.2) is 4.79 Å². The maximum absolute atomic E-state index is 12.8. The minimum atomic E-state index is -0.342. The van der Waals surface area contributed by atoms with Gasteiger partial charge in [0.15, 0.2) is 0 Å². The van der Waals surface area contributed by atoms with Gasteiger partial charge >= 0.3 is 6.03 Å². The van der Waals surface area contributed by atoms with Crippen LogP contribution in [0.1, 0.15) is 47.9 Å². The normalized spacial score (nSPS) is 14.5. The van der Waals surface area contributed by atoms with Gasteiger partial charge in [0, 0.05) is 48.5 Å². The number of benzene rings is 2. The molecule has 4 amide bonds. The van der Waals surface area contributed by atoms with Crippen LogP contribution in [0.5, 0.6) is 0 Å². The summed E-state index contributed by atoms with van der Waals surface area (Å²) in [4.78, 5) is 41.4. The fraction of sp³-hybridized carbons (Fsp3) is 0.375. The van der Waals surface area contributed by atoms with Gasteiger partial charge < -0.3 is 20.4 Å². The molecule has 0 radical (unpaired) electrons. The van der Waals surface area contributed by atoms with E-state index in [-0.39, 0.29) is 23.4 Å². The summed E-state index contributed by atoms with van der Waals surface area (Å²) in [6.07, 6.45) is 0.708. The Morgan fingerprint density at radius 2 is 1.45 bits per heavy atom. The quantitative estimate of drug-likeness (QED) is 0.793. The van der Waals surface area contributed by atoms with Crippen LogP contribution in [-0.2, 0) is 0 Å². The zero-order valence-electron chi connectivity index (χ0n) is 18.4. The summed E-state index contributed by atoms with van der Waals surface area (Å²) in [6.45, 7) is 7.86. The molecule has 1 aliphatic rings. The highest BCUT2D eigenvalue weighted by atomic mass is 16.2. The van der Waals surface area contributed by atoms with Gasteiger partial charge in [-0.3, -0.25) is 9.59 Å². The molecule has 0 saturated carbocycles. The predicted molar refractivity (Wildman–Crippen MR) is 121 cm³/mol. The van der Waals surface area contributed by atoms with Gasteiger partial charge in [0.2, 0.25) is 0 Å². The van der Waals surface area contributed by atoms with Crippen LogP contribution in [0.4, 0.5) is 10.5 Å². The summed E-state index contributed by atoms with van der Waals surface area (Å²) in [5.74, 6) is -0.200. The number of hydrogen-bond donors (Lipinski definition) is 2. The molecule has 1 fully saturated rings. The Morgan fingerprint density at radius 1 is 0.806 bits per heavy atom. The van der Waals surface area contributed by atoms with Gasteiger partial charge in [0.25, 0.3) is 11.8 Å². The third-order valence-electron chi connectivity index (χ3n) is 4.96. The van der Waals surface area contributed by atoms with Gasteiger partial charge in [0.1, 0.15) is 0 Å². The summed E-state index contributed by atoms with van der Waals surface area (Å²) in [7, 11) is 0. The lowest BCUT2D eigenvalue weighted by molar-refractivity contribution is 0.0762. The molecule has 31 heavy (non-hydrogen) atoms. The van der Waals surface area contributed by atoms with Crippen molar-refractivity contribution >= 4 is 23.5 Å². The van der Waals surface area contributed by atoms with Crippen LogP contribution >= 0.6 is 0 Å². The van der Waals surface area contributed by atoms with Crippen molar-refractivity contribution in [2.75, 3.05) is 31.5 Å². The van der Waals surface area contributed by atoms with E-state index >= 15 is 0 Å². The topological polar surface area (TPSA) is 81.8 Å². The molecule has 0 atom stereocenters. The Bertz CT molecular complexity index is 937. The Balaban J connectivity index is 1.59. The fourth-order valence-electron chi connectivity index (χ4n) is 3.44. The summed E-state index contributed by atoms with van der Waals surface area (Å²) in [5, 5.41) is 5.79. The van der Waals surface area contributed by atoms with E-state index in [1.165, 1.54) is 0 Å². The van der Waals surface area contributed by atoms with E-state index in [9.17, 15) is 14.4 Å². The van der Waals surface area contributed by atoms with Gasteiger partial charge in [-0.05, 0) is 57.5 Å². The van der Waals surface area contributed by atoms with Crippen LogP contribution in [0.25, 0.3) is 0 Å². The molecule has 3 rings (SSSR count). The number of nitrogens with zero attached hydrogens (tertiary/aromatic N) is 2. The largest absolute Gasteiger partial charge is 0.347 e. The molecule has 1 heterocycles. The summed E-state index contributed by atoms with van der Waals surface area (Å²) >= 11 is 0. The molecule has 0 spiro atoms. The zero-order valence-corrected chi connectivity index (χ0v) is 18.4. The number of nitrogens with one attached hydrogen (secondary N) is 2. The van der Waals surface area contributed by atoms with E-state index < -0.39 is 0 Å². The highest BCUT2D eigenvalue weighted by Crippen LogP contribution is 2.15. The molecule has 1 saturated heterocycles. The number of carbonyl (C=O) groups is 3. The van der Waals surface area contributed by atoms with Crippen molar-refractivity contribution in [3.05, 3.63) is 65.7 Å². The third-order valence-corrected chi connectivity index (χ3v) is 4.96. The van der Waals surface area contributed by atoms with Crippen molar-refractivity contribution in [1.29, 1.82) is 0 Å². The van der Waals surface area contributed by atoms with Gasteiger partial charge in [-0.2, -0.15) is 0 Å². The molecule has 2 aromatic carbocycles. The number of hydrogen-bond acceptors (Lipinski definition) is 3. The summed E-state index contributed by atoms with van der Waals surface area (Å²) in [5.41, 5.74) is 1.37. The molecule has 0 unspecified atom stereocenters. The Labute approximate surface area is 183 Å². The summed E-state index contributed by atoms with van der Waals surface area (Å²) in [6, 6.07) is 15.8. The fourth-order valence-corrected chi connectivity index (χ4v) is 3.44. The van der Waals surface area contributed by atoms with Gasteiger partial charge in [-0.1, -0.05) is 24.3 Å². The first kappa shape index (κ1) is 22.3. The first-order valence-electron chi connectivity index (χ1n) is 10.6. The highest BCUT2D eigenvalue weighted by molar-refractivity contribution is 5.97. The number of urea groups is 1. The van der Waals surface area contributed by atoms with Crippen LogP contribution in [0.3, 0.4) is 0 Å². The van der Waals surface area contributed by atoms with E-state index in [1.807, 2.05) is 39.0 Å². The minimum Gasteiger partial charge on any atom is -0.347 e. The number of amides is 4. The average Bonchev–Trinajstić information content (AvgIpc) is 2.99. The van der Waals surface area contributed by atoms with Crippen molar-refractivity contribution in [3.63, 3.8) is 0 Å². The molecular formula is C24H30N4O3. The van der Waals surface area contributed by atoms with E-state index in [0.29, 0.717) is 49.4 Å². The SMILES string of the molecule is CC(C)(C)NC(=O)c1cccc(NC(=O)N2CCCN(C(=O)c3ccccc3)CC2)c1. The smallest absolute Gasteiger partial charge is 0.321 e. The lowest BCUT2D eigenvalue weighted by Crippen LogP contribution is -2.40. The average molecular weight is 423 g/mol. The van der Waals surface area contributed by atoms with Crippen molar-refractivity contribution < 1.29 is 14.4 Å². The second-order valence-electron chi connectivity index (χ2n) is 8.71. The maximum Gasteiger partial charge on any atom is 0.321 e. The monoisotopic (exact) mass is 422 g/mol. The molecule has 1 aliphatic heterocycles. The van der Waals surface area contributed by atoms with Gasteiger partial charge in [0.05, 0.1) is 0 Å². The summed E-state index contributed by atoms with van der Waals surface area (Å²) < 4.78 is 0. The van der Waals surface area contributed by atoms with Crippen LogP contribution in [0, 0.1) is 0 Å². The van der Waals surface area contributed by atoms with Crippen molar-refractivity contribution in [3.8, 4) is 0 Å². The first-order chi connectivity index (χ1) is 14.7. The zero-order chi connectivity index (χ0) is 22.4. The maximum atomic E-state index is 12.8. The number of carbonyl (C=O) groups excluding carboxylic acids is 3. The number of anilines is 1.